The molecule has 0 aromatic carbocycles. The van der Waals surface area contributed by atoms with Crippen molar-refractivity contribution < 1.29 is 9.90 Å². The number of carbonyl (C=O) groups excluding carboxylic acids is 1. The topological polar surface area (TPSA) is 52.6 Å². The monoisotopic (exact) mass is 172 g/mol. The minimum atomic E-state index is 0.00954. The lowest BCUT2D eigenvalue weighted by atomic mass is 10.1. The normalized spacial score (nSPS) is 19.5. The van der Waals surface area contributed by atoms with Gasteiger partial charge in [0.2, 0.25) is 0 Å². The standard InChI is InChI=1S/C8H16N2O2/c1-2-7(3-6-11)10-5-4-9-8(10)12/h7,11H,2-6H2,1H3,(H,9,12). The largest absolute Gasteiger partial charge is 0.396 e. The summed E-state index contributed by atoms with van der Waals surface area (Å²) in [4.78, 5) is 13.0. The summed E-state index contributed by atoms with van der Waals surface area (Å²) in [7, 11) is 0. The van der Waals surface area contributed by atoms with Crippen LogP contribution in [0.15, 0.2) is 0 Å². The predicted octanol–water partition coefficient (Wildman–Crippen LogP) is 0.173. The number of urea groups is 1. The number of aliphatic hydroxyl groups is 1. The van der Waals surface area contributed by atoms with E-state index >= 15 is 0 Å². The lowest BCUT2D eigenvalue weighted by Gasteiger charge is -2.24. The van der Waals surface area contributed by atoms with E-state index in [0.717, 1.165) is 19.5 Å². The van der Waals surface area contributed by atoms with Crippen LogP contribution in [0.1, 0.15) is 19.8 Å². The van der Waals surface area contributed by atoms with E-state index < -0.39 is 0 Å². The maximum absolute atomic E-state index is 11.2. The fraction of sp³-hybridized carbons (Fsp3) is 0.875. The van der Waals surface area contributed by atoms with Gasteiger partial charge in [-0.3, -0.25) is 0 Å². The number of amides is 2. The van der Waals surface area contributed by atoms with Crippen molar-refractivity contribution in [3.63, 3.8) is 0 Å². The summed E-state index contributed by atoms with van der Waals surface area (Å²) in [6, 6.07) is 0.216. The predicted molar refractivity (Wildman–Crippen MR) is 45.9 cm³/mol. The average molecular weight is 172 g/mol. The van der Waals surface area contributed by atoms with Crippen molar-refractivity contribution >= 4 is 6.03 Å². The SMILES string of the molecule is CCC(CCO)N1CCNC1=O. The summed E-state index contributed by atoms with van der Waals surface area (Å²) in [6.45, 7) is 3.70. The van der Waals surface area contributed by atoms with Crippen molar-refractivity contribution in [1.82, 2.24) is 10.2 Å². The number of nitrogens with one attached hydrogen (secondary N) is 1. The molecule has 1 aliphatic rings. The molecule has 2 amide bonds. The molecule has 1 aliphatic heterocycles. The molecule has 4 heteroatoms. The molecule has 1 atom stereocenters. The van der Waals surface area contributed by atoms with Crippen LogP contribution in [-0.4, -0.2) is 41.8 Å². The number of carbonyl (C=O) groups is 1. The molecule has 1 saturated heterocycles. The molecule has 1 heterocycles. The van der Waals surface area contributed by atoms with Crippen LogP contribution in [0.3, 0.4) is 0 Å². The van der Waals surface area contributed by atoms with Crippen molar-refractivity contribution in [2.75, 3.05) is 19.7 Å². The zero-order valence-corrected chi connectivity index (χ0v) is 7.42. The lowest BCUT2D eigenvalue weighted by Crippen LogP contribution is -2.38. The third-order valence-corrected chi connectivity index (χ3v) is 2.26. The Balaban J connectivity index is 2.46. The Hall–Kier alpha value is -0.770. The van der Waals surface area contributed by atoms with Crippen molar-refractivity contribution in [2.24, 2.45) is 0 Å². The highest BCUT2D eigenvalue weighted by Gasteiger charge is 2.25. The third-order valence-electron chi connectivity index (χ3n) is 2.26. The van der Waals surface area contributed by atoms with Crippen LogP contribution in [0.5, 0.6) is 0 Å². The van der Waals surface area contributed by atoms with Gasteiger partial charge in [-0.2, -0.15) is 0 Å². The van der Waals surface area contributed by atoms with Crippen LogP contribution in [0.25, 0.3) is 0 Å². The molecule has 0 aliphatic carbocycles. The second-order valence-electron chi connectivity index (χ2n) is 3.00. The van der Waals surface area contributed by atoms with Crippen molar-refractivity contribution in [3.05, 3.63) is 0 Å². The lowest BCUT2D eigenvalue weighted by molar-refractivity contribution is 0.175. The summed E-state index contributed by atoms with van der Waals surface area (Å²) >= 11 is 0. The van der Waals surface area contributed by atoms with E-state index in [0.29, 0.717) is 6.42 Å². The first-order valence-corrected chi connectivity index (χ1v) is 4.45. The van der Waals surface area contributed by atoms with E-state index in [2.05, 4.69) is 5.32 Å². The fourth-order valence-electron chi connectivity index (χ4n) is 1.56. The molecule has 0 bridgehead atoms. The van der Waals surface area contributed by atoms with Crippen LogP contribution >= 0.6 is 0 Å². The van der Waals surface area contributed by atoms with Crippen molar-refractivity contribution in [2.45, 2.75) is 25.8 Å². The van der Waals surface area contributed by atoms with Crippen molar-refractivity contribution in [1.29, 1.82) is 0 Å². The van der Waals surface area contributed by atoms with Gasteiger partial charge < -0.3 is 15.3 Å². The van der Waals surface area contributed by atoms with Crippen LogP contribution in [0.4, 0.5) is 4.79 Å². The molecule has 0 radical (unpaired) electrons. The van der Waals surface area contributed by atoms with Gasteiger partial charge in [0.05, 0.1) is 0 Å². The Labute approximate surface area is 72.6 Å². The first kappa shape index (κ1) is 9.32. The second kappa shape index (κ2) is 4.30. The minimum Gasteiger partial charge on any atom is -0.396 e. The van der Waals surface area contributed by atoms with Crippen LogP contribution < -0.4 is 5.32 Å². The van der Waals surface area contributed by atoms with Gasteiger partial charge in [-0.05, 0) is 12.8 Å². The van der Waals surface area contributed by atoms with Gasteiger partial charge in [-0.25, -0.2) is 4.79 Å². The molecule has 1 unspecified atom stereocenters. The van der Waals surface area contributed by atoms with E-state index in [1.54, 1.807) is 4.90 Å². The summed E-state index contributed by atoms with van der Waals surface area (Å²) in [5.41, 5.74) is 0. The highest BCUT2D eigenvalue weighted by molar-refractivity contribution is 5.76. The second-order valence-corrected chi connectivity index (χ2v) is 3.00. The number of hydrogen-bond donors (Lipinski definition) is 2. The Morgan fingerprint density at radius 2 is 2.50 bits per heavy atom. The molecular weight excluding hydrogens is 156 g/mol. The zero-order chi connectivity index (χ0) is 8.97. The Morgan fingerprint density at radius 1 is 1.75 bits per heavy atom. The van der Waals surface area contributed by atoms with E-state index in [1.165, 1.54) is 0 Å². The van der Waals surface area contributed by atoms with E-state index in [4.69, 9.17) is 5.11 Å². The maximum Gasteiger partial charge on any atom is 0.317 e. The van der Waals surface area contributed by atoms with E-state index in [9.17, 15) is 4.79 Å². The smallest absolute Gasteiger partial charge is 0.317 e. The summed E-state index contributed by atoms with van der Waals surface area (Å²) in [5.74, 6) is 0. The van der Waals surface area contributed by atoms with Gasteiger partial charge in [-0.15, -0.1) is 0 Å². The molecule has 2 N–H and O–H groups in total. The van der Waals surface area contributed by atoms with Gasteiger partial charge >= 0.3 is 6.03 Å². The third kappa shape index (κ3) is 1.88. The Bertz CT molecular complexity index is 161. The van der Waals surface area contributed by atoms with E-state index in [1.807, 2.05) is 6.92 Å². The highest BCUT2D eigenvalue weighted by Crippen LogP contribution is 2.10. The minimum absolute atomic E-state index is 0.00954. The number of hydrogen-bond acceptors (Lipinski definition) is 2. The molecule has 0 saturated carbocycles. The molecule has 0 spiro atoms. The van der Waals surface area contributed by atoms with Gasteiger partial charge in [0.1, 0.15) is 0 Å². The van der Waals surface area contributed by atoms with Crippen LogP contribution in [-0.2, 0) is 0 Å². The molecule has 12 heavy (non-hydrogen) atoms. The first-order valence-electron chi connectivity index (χ1n) is 4.45. The van der Waals surface area contributed by atoms with E-state index in [-0.39, 0.29) is 18.7 Å². The van der Waals surface area contributed by atoms with Gasteiger partial charge in [0.25, 0.3) is 0 Å². The number of aliphatic hydroxyl groups excluding tert-OH is 1. The maximum atomic E-state index is 11.2. The Morgan fingerprint density at radius 3 is 2.92 bits per heavy atom. The Kier molecular flexibility index (Phi) is 3.34. The molecule has 1 fully saturated rings. The number of rotatable bonds is 4. The van der Waals surface area contributed by atoms with Gasteiger partial charge in [0, 0.05) is 25.7 Å². The summed E-state index contributed by atoms with van der Waals surface area (Å²) in [5, 5.41) is 11.5. The average Bonchev–Trinajstić information content (AvgIpc) is 2.47. The summed E-state index contributed by atoms with van der Waals surface area (Å²) < 4.78 is 0. The molecule has 4 nitrogen and oxygen atoms in total. The number of nitrogens with zero attached hydrogens (tertiary/aromatic N) is 1. The van der Waals surface area contributed by atoms with Crippen molar-refractivity contribution in [3.8, 4) is 0 Å². The van der Waals surface area contributed by atoms with Crippen LogP contribution in [0, 0.1) is 0 Å². The van der Waals surface area contributed by atoms with Gasteiger partial charge in [0.15, 0.2) is 0 Å². The first-order chi connectivity index (χ1) is 5.79. The quantitative estimate of drug-likeness (QED) is 0.635. The van der Waals surface area contributed by atoms with Gasteiger partial charge in [-0.1, -0.05) is 6.92 Å². The highest BCUT2D eigenvalue weighted by atomic mass is 16.3. The van der Waals surface area contributed by atoms with Crippen LogP contribution in [0.2, 0.25) is 0 Å². The zero-order valence-electron chi connectivity index (χ0n) is 7.42. The molecule has 1 rings (SSSR count). The molecule has 0 aromatic rings. The molecule has 70 valence electrons. The molecule has 0 aromatic heterocycles. The summed E-state index contributed by atoms with van der Waals surface area (Å²) in [6.07, 6.45) is 1.60. The molecular formula is C8H16N2O2. The fourth-order valence-corrected chi connectivity index (χ4v) is 1.56.